The summed E-state index contributed by atoms with van der Waals surface area (Å²) in [5, 5.41) is 12.8. The number of para-hydroxylation sites is 1. The number of nitro benzene ring substituents is 1. The molecule has 2 rings (SSSR count). The van der Waals surface area contributed by atoms with Crippen LogP contribution in [0.5, 0.6) is 5.75 Å². The lowest BCUT2D eigenvalue weighted by atomic mass is 10.2. The molecule has 0 radical (unpaired) electrons. The van der Waals surface area contributed by atoms with Crippen molar-refractivity contribution in [3.05, 3.63) is 70.3 Å². The standard InChI is InChI=1S/C14H11N3O5/c15-13(10-6-8-11(9-7-10)17(19)20)16-22-14(18)21-12-4-2-1-3-5-12/h1-9H,(H2,15,16)/p+1. The van der Waals surface area contributed by atoms with Crippen molar-refractivity contribution in [2.24, 2.45) is 5.73 Å². The maximum absolute atomic E-state index is 11.4. The summed E-state index contributed by atoms with van der Waals surface area (Å²) < 4.78 is 4.87. The lowest BCUT2D eigenvalue weighted by Gasteiger charge is -2.00. The topological polar surface area (TPSA) is 119 Å². The Kier molecular flexibility index (Phi) is 4.66. The zero-order chi connectivity index (χ0) is 15.9. The largest absolute Gasteiger partial charge is 0.556 e. The molecule has 2 aromatic rings. The number of amidine groups is 1. The van der Waals surface area contributed by atoms with Crippen LogP contribution in [0.4, 0.5) is 10.5 Å². The summed E-state index contributed by atoms with van der Waals surface area (Å²) in [4.78, 5) is 26.1. The molecule has 22 heavy (non-hydrogen) atoms. The van der Waals surface area contributed by atoms with E-state index in [4.69, 9.17) is 10.5 Å². The number of hydrogen-bond acceptors (Lipinski definition) is 5. The average Bonchev–Trinajstić information content (AvgIpc) is 2.53. The number of rotatable bonds is 4. The summed E-state index contributed by atoms with van der Waals surface area (Å²) >= 11 is 0. The van der Waals surface area contributed by atoms with Crippen molar-refractivity contribution in [2.45, 2.75) is 0 Å². The number of nitrogens with two attached hydrogens (primary N) is 1. The number of ether oxygens (including phenoxy) is 1. The molecule has 0 aromatic heterocycles. The number of nitro groups is 1. The second-order valence-electron chi connectivity index (χ2n) is 4.09. The third kappa shape index (κ3) is 4.04. The van der Waals surface area contributed by atoms with Crippen LogP contribution in [-0.4, -0.2) is 16.9 Å². The fourth-order valence-electron chi connectivity index (χ4n) is 1.52. The van der Waals surface area contributed by atoms with E-state index in [0.717, 1.165) is 0 Å². The second kappa shape index (κ2) is 6.84. The minimum absolute atomic E-state index is 0.0138. The van der Waals surface area contributed by atoms with Crippen LogP contribution in [0.25, 0.3) is 0 Å². The highest BCUT2D eigenvalue weighted by Crippen LogP contribution is 2.11. The van der Waals surface area contributed by atoms with Gasteiger partial charge in [0.2, 0.25) is 0 Å². The number of non-ortho nitro benzene ring substituents is 1. The van der Waals surface area contributed by atoms with E-state index < -0.39 is 11.1 Å². The fourth-order valence-corrected chi connectivity index (χ4v) is 1.52. The van der Waals surface area contributed by atoms with Crippen LogP contribution in [0.1, 0.15) is 5.56 Å². The maximum Gasteiger partial charge on any atom is 0.556 e. The molecule has 0 bridgehead atoms. The number of hydrogen-bond donors (Lipinski definition) is 2. The number of nitrogen functional groups attached to an aromatic ring is 1. The second-order valence-corrected chi connectivity index (χ2v) is 4.09. The molecule has 0 aliphatic rings. The molecule has 0 saturated carbocycles. The van der Waals surface area contributed by atoms with E-state index in [-0.39, 0.29) is 11.5 Å². The molecule has 0 saturated heterocycles. The van der Waals surface area contributed by atoms with Gasteiger partial charge in [-0.1, -0.05) is 23.4 Å². The molecule has 0 fully saturated rings. The van der Waals surface area contributed by atoms with Gasteiger partial charge in [-0.15, -0.1) is 0 Å². The molecule has 0 amide bonds. The van der Waals surface area contributed by atoms with Crippen LogP contribution in [0.3, 0.4) is 0 Å². The number of nitrogens with one attached hydrogen (secondary N) is 1. The van der Waals surface area contributed by atoms with E-state index >= 15 is 0 Å². The van der Waals surface area contributed by atoms with Gasteiger partial charge in [-0.05, 0) is 24.3 Å². The molecule has 0 heterocycles. The highest BCUT2D eigenvalue weighted by Gasteiger charge is 2.12. The van der Waals surface area contributed by atoms with Gasteiger partial charge >= 0.3 is 12.0 Å². The van der Waals surface area contributed by atoms with Gasteiger partial charge in [0.15, 0.2) is 0 Å². The van der Waals surface area contributed by atoms with Gasteiger partial charge in [0.05, 0.1) is 10.5 Å². The van der Waals surface area contributed by atoms with Gasteiger partial charge in [-0.25, -0.2) is 4.84 Å². The summed E-state index contributed by atoms with van der Waals surface area (Å²) in [7, 11) is 0. The predicted molar refractivity (Wildman–Crippen MR) is 75.9 cm³/mol. The van der Waals surface area contributed by atoms with Crippen molar-refractivity contribution in [2.75, 3.05) is 0 Å². The minimum Gasteiger partial charge on any atom is -0.392 e. The Morgan fingerprint density at radius 3 is 2.32 bits per heavy atom. The lowest BCUT2D eigenvalue weighted by molar-refractivity contribution is -0.724. The summed E-state index contributed by atoms with van der Waals surface area (Å²) in [6.45, 7) is 0. The Labute approximate surface area is 124 Å². The van der Waals surface area contributed by atoms with Crippen LogP contribution in [-0.2, 0) is 4.84 Å². The Morgan fingerprint density at radius 2 is 1.73 bits per heavy atom. The summed E-state index contributed by atoms with van der Waals surface area (Å²) in [6, 6.07) is 13.8. The predicted octanol–water partition coefficient (Wildman–Crippen LogP) is 0.511. The SMILES string of the molecule is NC(=[NH+]OC(=O)Oc1ccccc1)c1ccc([N+](=O)[O-])cc1. The number of nitrogens with zero attached hydrogens (tertiary/aromatic N) is 1. The third-order valence-electron chi connectivity index (χ3n) is 2.58. The van der Waals surface area contributed by atoms with Crippen LogP contribution in [0.15, 0.2) is 54.6 Å². The monoisotopic (exact) mass is 302 g/mol. The van der Waals surface area contributed by atoms with E-state index in [1.54, 1.807) is 30.3 Å². The molecule has 2 aromatic carbocycles. The highest BCUT2D eigenvalue weighted by molar-refractivity contribution is 5.93. The average molecular weight is 302 g/mol. The first-order chi connectivity index (χ1) is 10.6. The maximum atomic E-state index is 11.4. The van der Waals surface area contributed by atoms with E-state index in [1.165, 1.54) is 24.3 Å². The highest BCUT2D eigenvalue weighted by atomic mass is 16.8. The normalized spacial score (nSPS) is 10.8. The first-order valence-corrected chi connectivity index (χ1v) is 6.13. The third-order valence-corrected chi connectivity index (χ3v) is 2.58. The van der Waals surface area contributed by atoms with Crippen LogP contribution in [0, 0.1) is 10.1 Å². The lowest BCUT2D eigenvalue weighted by Crippen LogP contribution is -2.75. The Balaban J connectivity index is 1.97. The van der Waals surface area contributed by atoms with Gasteiger partial charge in [0.25, 0.3) is 5.69 Å². The van der Waals surface area contributed by atoms with E-state index in [9.17, 15) is 14.9 Å². The zero-order valence-electron chi connectivity index (χ0n) is 11.3. The van der Waals surface area contributed by atoms with Crippen molar-refractivity contribution >= 4 is 17.7 Å². The van der Waals surface area contributed by atoms with Crippen LogP contribution < -0.4 is 15.6 Å². The van der Waals surface area contributed by atoms with E-state index in [2.05, 4.69) is 9.99 Å². The number of carbonyl (C=O) groups excluding carboxylic acids is 1. The molecule has 3 N–H and O–H groups in total. The van der Waals surface area contributed by atoms with Crippen molar-refractivity contribution in [1.29, 1.82) is 0 Å². The van der Waals surface area contributed by atoms with Gasteiger partial charge in [-0.3, -0.25) is 15.8 Å². The number of carbonyl (C=O) groups is 1. The summed E-state index contributed by atoms with van der Waals surface area (Å²) in [5.74, 6) is 0.336. The molecule has 0 aliphatic heterocycles. The molecule has 8 nitrogen and oxygen atoms in total. The minimum atomic E-state index is -0.990. The molecular formula is C14H12N3O5+. The first-order valence-electron chi connectivity index (χ1n) is 6.13. The Bertz CT molecular complexity index is 698. The van der Waals surface area contributed by atoms with Crippen LogP contribution in [0.2, 0.25) is 0 Å². The van der Waals surface area contributed by atoms with Gasteiger partial charge in [0, 0.05) is 12.1 Å². The van der Waals surface area contributed by atoms with Crippen molar-refractivity contribution in [3.63, 3.8) is 0 Å². The van der Waals surface area contributed by atoms with Gasteiger partial charge < -0.3 is 4.74 Å². The van der Waals surface area contributed by atoms with E-state index in [1.807, 2.05) is 0 Å². The quantitative estimate of drug-likeness (QED) is 0.161. The van der Waals surface area contributed by atoms with Crippen LogP contribution >= 0.6 is 0 Å². The smallest absolute Gasteiger partial charge is 0.392 e. The summed E-state index contributed by atoms with van der Waals surface area (Å²) in [5.41, 5.74) is 6.03. The molecule has 8 heteroatoms. The van der Waals surface area contributed by atoms with Crippen molar-refractivity contribution in [3.8, 4) is 5.75 Å². The van der Waals surface area contributed by atoms with Crippen molar-refractivity contribution in [1.82, 2.24) is 0 Å². The van der Waals surface area contributed by atoms with Crippen molar-refractivity contribution < 1.29 is 24.4 Å². The molecular weight excluding hydrogens is 290 g/mol. The molecule has 0 spiro atoms. The Morgan fingerprint density at radius 1 is 1.09 bits per heavy atom. The summed E-state index contributed by atoms with van der Waals surface area (Å²) in [6.07, 6.45) is -0.990. The molecule has 0 unspecified atom stereocenters. The van der Waals surface area contributed by atoms with Gasteiger partial charge in [-0.2, -0.15) is 4.79 Å². The van der Waals surface area contributed by atoms with E-state index in [0.29, 0.717) is 11.3 Å². The molecule has 0 aliphatic carbocycles. The van der Waals surface area contributed by atoms with Gasteiger partial charge in [0.1, 0.15) is 5.75 Å². The number of benzene rings is 2. The molecule has 112 valence electrons. The zero-order valence-corrected chi connectivity index (χ0v) is 11.3. The first kappa shape index (κ1) is 15.0. The fraction of sp³-hybridized carbons (Fsp3) is 0. The molecule has 0 atom stereocenters. The Hall–Kier alpha value is -3.42.